The molecule has 86 valence electrons. The van der Waals surface area contributed by atoms with E-state index < -0.39 is 0 Å². The predicted octanol–water partition coefficient (Wildman–Crippen LogP) is 3.80. The normalized spacial score (nSPS) is 12.5. The second kappa shape index (κ2) is 3.65. The Hall–Kier alpha value is -1.19. The summed E-state index contributed by atoms with van der Waals surface area (Å²) in [6.07, 6.45) is 0.624. The van der Waals surface area contributed by atoms with Gasteiger partial charge in [-0.2, -0.15) is 0 Å². The molecule has 2 nitrogen and oxygen atoms in total. The van der Waals surface area contributed by atoms with Crippen LogP contribution < -0.4 is 0 Å². The molecule has 0 N–H and O–H groups in total. The van der Waals surface area contributed by atoms with Crippen LogP contribution in [0, 0.1) is 12.7 Å². The van der Waals surface area contributed by atoms with Crippen LogP contribution in [-0.2, 0) is 6.42 Å². The number of fused-ring (bicyclic) bond motifs is 3. The first-order valence-corrected chi connectivity index (χ1v) is 5.83. The van der Waals surface area contributed by atoms with Gasteiger partial charge in [0.15, 0.2) is 0 Å². The molecule has 17 heavy (non-hydrogen) atoms. The number of aryl methyl sites for hydroxylation is 1. The number of hydrogen-bond acceptors (Lipinski definition) is 2. The Kier molecular flexibility index (Phi) is 2.35. The van der Waals surface area contributed by atoms with Crippen molar-refractivity contribution in [3.63, 3.8) is 0 Å². The zero-order chi connectivity index (χ0) is 12.2. The smallest absolute Gasteiger partial charge is 0.222 e. The van der Waals surface area contributed by atoms with Gasteiger partial charge in [0.05, 0.1) is 5.69 Å². The average molecular weight is 269 g/mol. The van der Waals surface area contributed by atoms with Crippen molar-refractivity contribution in [1.82, 2.24) is 9.97 Å². The maximum atomic E-state index is 13.4. The first-order valence-electron chi connectivity index (χ1n) is 5.07. The Morgan fingerprint density at radius 2 is 2.00 bits per heavy atom. The third kappa shape index (κ3) is 1.61. The second-order valence-corrected chi connectivity index (χ2v) is 4.73. The van der Waals surface area contributed by atoms with Crippen molar-refractivity contribution in [1.29, 1.82) is 0 Å². The summed E-state index contributed by atoms with van der Waals surface area (Å²) in [4.78, 5) is 8.05. The van der Waals surface area contributed by atoms with Crippen molar-refractivity contribution < 1.29 is 4.39 Å². The molecule has 0 radical (unpaired) electrons. The van der Waals surface area contributed by atoms with Crippen LogP contribution >= 0.6 is 23.2 Å². The molecule has 0 saturated carbocycles. The van der Waals surface area contributed by atoms with Gasteiger partial charge in [0.25, 0.3) is 0 Å². The fourth-order valence-electron chi connectivity index (χ4n) is 2.24. The van der Waals surface area contributed by atoms with E-state index in [1.54, 1.807) is 0 Å². The van der Waals surface area contributed by atoms with E-state index >= 15 is 0 Å². The molecule has 0 aliphatic heterocycles. The molecule has 1 heterocycles. The lowest BCUT2D eigenvalue weighted by Crippen LogP contribution is -1.91. The molecular weight excluding hydrogens is 262 g/mol. The van der Waals surface area contributed by atoms with Crippen molar-refractivity contribution in [3.8, 4) is 11.1 Å². The Bertz CT molecular complexity index is 641. The Labute approximate surface area is 107 Å². The first-order chi connectivity index (χ1) is 8.06. The van der Waals surface area contributed by atoms with E-state index in [0.717, 1.165) is 22.4 Å². The third-order valence-corrected chi connectivity index (χ3v) is 3.41. The number of aromatic nitrogens is 2. The summed E-state index contributed by atoms with van der Waals surface area (Å²) in [6.45, 7) is 1.87. The monoisotopic (exact) mass is 268 g/mol. The molecule has 0 amide bonds. The van der Waals surface area contributed by atoms with Gasteiger partial charge >= 0.3 is 0 Å². The van der Waals surface area contributed by atoms with Crippen LogP contribution in [0.25, 0.3) is 11.1 Å². The van der Waals surface area contributed by atoms with Gasteiger partial charge in [0, 0.05) is 12.0 Å². The summed E-state index contributed by atoms with van der Waals surface area (Å²) in [7, 11) is 0. The zero-order valence-electron chi connectivity index (χ0n) is 8.89. The molecule has 1 aliphatic carbocycles. The van der Waals surface area contributed by atoms with Crippen molar-refractivity contribution in [3.05, 3.63) is 45.2 Å². The molecule has 0 atom stereocenters. The fourth-order valence-corrected chi connectivity index (χ4v) is 2.76. The highest BCUT2D eigenvalue weighted by Gasteiger charge is 2.26. The minimum atomic E-state index is -0.278. The molecule has 0 bridgehead atoms. The first kappa shape index (κ1) is 10.9. The van der Waals surface area contributed by atoms with E-state index in [2.05, 4.69) is 9.97 Å². The summed E-state index contributed by atoms with van der Waals surface area (Å²) in [5.74, 6) is -0.278. The highest BCUT2D eigenvalue weighted by molar-refractivity contribution is 6.34. The summed E-state index contributed by atoms with van der Waals surface area (Å²) >= 11 is 11.8. The average Bonchev–Trinajstić information content (AvgIpc) is 2.56. The van der Waals surface area contributed by atoms with Gasteiger partial charge in [-0.15, -0.1) is 0 Å². The molecule has 2 aromatic rings. The predicted molar refractivity (Wildman–Crippen MR) is 65.0 cm³/mol. The van der Waals surface area contributed by atoms with Gasteiger partial charge in [-0.1, -0.05) is 11.6 Å². The Balaban J connectivity index is 2.34. The maximum absolute atomic E-state index is 13.4. The molecule has 0 unspecified atom stereocenters. The number of benzene rings is 1. The zero-order valence-corrected chi connectivity index (χ0v) is 10.4. The van der Waals surface area contributed by atoms with Gasteiger partial charge in [0.1, 0.15) is 11.0 Å². The third-order valence-electron chi connectivity index (χ3n) is 2.96. The number of hydrogen-bond donors (Lipinski definition) is 0. The van der Waals surface area contributed by atoms with Crippen LogP contribution in [0.3, 0.4) is 0 Å². The standard InChI is InChI=1S/C12H7Cl2FN2/c1-5-2-6(15)3-8-7(5)4-9-10(8)11(13)17-12(14)16-9/h2-3H,4H2,1H3. The summed E-state index contributed by atoms with van der Waals surface area (Å²) < 4.78 is 13.4. The van der Waals surface area contributed by atoms with Crippen LogP contribution in [0.15, 0.2) is 12.1 Å². The van der Waals surface area contributed by atoms with Crippen molar-refractivity contribution in [2.24, 2.45) is 0 Å². The van der Waals surface area contributed by atoms with E-state index in [-0.39, 0.29) is 16.3 Å². The van der Waals surface area contributed by atoms with E-state index in [4.69, 9.17) is 23.2 Å². The lowest BCUT2D eigenvalue weighted by Gasteiger charge is -2.05. The van der Waals surface area contributed by atoms with Gasteiger partial charge in [-0.05, 0) is 47.3 Å². The molecule has 0 fully saturated rings. The second-order valence-electron chi connectivity index (χ2n) is 4.03. The summed E-state index contributed by atoms with van der Waals surface area (Å²) in [5, 5.41) is 0.406. The quantitative estimate of drug-likeness (QED) is 0.458. The molecule has 1 aromatic carbocycles. The van der Waals surface area contributed by atoms with Crippen molar-refractivity contribution in [2.45, 2.75) is 13.3 Å². The van der Waals surface area contributed by atoms with E-state index in [1.165, 1.54) is 12.1 Å². The van der Waals surface area contributed by atoms with Crippen LogP contribution in [0.2, 0.25) is 10.4 Å². The number of rotatable bonds is 0. The van der Waals surface area contributed by atoms with Crippen LogP contribution in [0.1, 0.15) is 16.8 Å². The number of halogens is 3. The molecule has 0 spiro atoms. The molecule has 3 rings (SSSR count). The molecule has 1 aliphatic rings. The molecule has 5 heteroatoms. The van der Waals surface area contributed by atoms with Gasteiger partial charge in [0.2, 0.25) is 5.28 Å². The van der Waals surface area contributed by atoms with Crippen LogP contribution in [-0.4, -0.2) is 9.97 Å². The van der Waals surface area contributed by atoms with E-state index in [0.29, 0.717) is 12.0 Å². The highest BCUT2D eigenvalue weighted by Crippen LogP contribution is 2.41. The van der Waals surface area contributed by atoms with E-state index in [9.17, 15) is 4.39 Å². The fraction of sp³-hybridized carbons (Fsp3) is 0.167. The molecule has 0 saturated heterocycles. The lowest BCUT2D eigenvalue weighted by molar-refractivity contribution is 0.626. The summed E-state index contributed by atoms with van der Waals surface area (Å²) in [5.41, 5.74) is 4.18. The number of nitrogens with zero attached hydrogens (tertiary/aromatic N) is 2. The molecule has 1 aromatic heterocycles. The van der Waals surface area contributed by atoms with Gasteiger partial charge < -0.3 is 0 Å². The topological polar surface area (TPSA) is 25.8 Å². The van der Waals surface area contributed by atoms with Crippen molar-refractivity contribution >= 4 is 23.2 Å². The Morgan fingerprint density at radius 1 is 1.24 bits per heavy atom. The molecular formula is C12H7Cl2FN2. The van der Waals surface area contributed by atoms with Crippen LogP contribution in [0.5, 0.6) is 0 Å². The van der Waals surface area contributed by atoms with E-state index in [1.807, 2.05) is 6.92 Å². The minimum Gasteiger partial charge on any atom is -0.222 e. The van der Waals surface area contributed by atoms with Gasteiger partial charge in [-0.3, -0.25) is 0 Å². The Morgan fingerprint density at radius 3 is 2.76 bits per heavy atom. The summed E-state index contributed by atoms with van der Waals surface area (Å²) in [6, 6.07) is 2.98. The maximum Gasteiger partial charge on any atom is 0.224 e. The van der Waals surface area contributed by atoms with Crippen molar-refractivity contribution in [2.75, 3.05) is 0 Å². The largest absolute Gasteiger partial charge is 0.224 e. The lowest BCUT2D eigenvalue weighted by atomic mass is 10.0. The van der Waals surface area contributed by atoms with Gasteiger partial charge in [-0.25, -0.2) is 14.4 Å². The SMILES string of the molecule is Cc1cc(F)cc2c1Cc1nc(Cl)nc(Cl)c1-2. The van der Waals surface area contributed by atoms with Crippen LogP contribution in [0.4, 0.5) is 4.39 Å². The minimum absolute atomic E-state index is 0.125. The highest BCUT2D eigenvalue weighted by atomic mass is 35.5.